The second kappa shape index (κ2) is 6.26. The lowest BCUT2D eigenvalue weighted by Crippen LogP contribution is -2.05. The number of hydrogen-bond acceptors (Lipinski definition) is 3. The predicted molar refractivity (Wildman–Crippen MR) is 78.4 cm³/mol. The zero-order valence-electron chi connectivity index (χ0n) is 11.8. The van der Waals surface area contributed by atoms with Crippen LogP contribution in [0.5, 0.6) is 5.75 Å². The number of carbonyl (C=O) groups is 1. The fraction of sp³-hybridized carbons (Fsp3) is 0.188. The lowest BCUT2D eigenvalue weighted by molar-refractivity contribution is 0.0697. The number of nitrogens with one attached hydrogen (secondary N) is 1. The minimum Gasteiger partial charge on any atom is -0.495 e. The number of hydrogen-bond donors (Lipinski definition) is 2. The van der Waals surface area contributed by atoms with Gasteiger partial charge in [-0.05, 0) is 31.2 Å². The van der Waals surface area contributed by atoms with E-state index in [4.69, 9.17) is 9.84 Å². The van der Waals surface area contributed by atoms with Crippen molar-refractivity contribution in [1.82, 2.24) is 0 Å². The second-order valence-corrected chi connectivity index (χ2v) is 4.67. The molecule has 0 aromatic heterocycles. The van der Waals surface area contributed by atoms with E-state index in [-0.39, 0.29) is 17.9 Å². The third-order valence-electron chi connectivity index (χ3n) is 3.12. The fourth-order valence-corrected chi connectivity index (χ4v) is 2.01. The smallest absolute Gasteiger partial charge is 0.335 e. The Kier molecular flexibility index (Phi) is 4.42. The summed E-state index contributed by atoms with van der Waals surface area (Å²) < 4.78 is 18.9. The van der Waals surface area contributed by atoms with E-state index in [9.17, 15) is 9.18 Å². The first-order chi connectivity index (χ1) is 10.0. The average Bonchev–Trinajstić information content (AvgIpc) is 2.47. The van der Waals surface area contributed by atoms with E-state index in [0.717, 1.165) is 5.56 Å². The van der Waals surface area contributed by atoms with Gasteiger partial charge < -0.3 is 15.2 Å². The van der Waals surface area contributed by atoms with Crippen LogP contribution in [0.1, 0.15) is 21.5 Å². The molecule has 110 valence electrons. The predicted octanol–water partition coefficient (Wildman–Crippen LogP) is 3.45. The van der Waals surface area contributed by atoms with Gasteiger partial charge in [-0.25, -0.2) is 9.18 Å². The number of benzene rings is 2. The highest BCUT2D eigenvalue weighted by atomic mass is 19.1. The number of carboxylic acid groups (broad SMARTS) is 1. The highest BCUT2D eigenvalue weighted by molar-refractivity contribution is 5.89. The van der Waals surface area contributed by atoms with Crippen LogP contribution in [-0.4, -0.2) is 18.2 Å². The van der Waals surface area contributed by atoms with E-state index in [2.05, 4.69) is 5.32 Å². The molecule has 4 nitrogen and oxygen atoms in total. The number of aromatic carboxylic acids is 1. The van der Waals surface area contributed by atoms with Crippen LogP contribution in [0.25, 0.3) is 0 Å². The third kappa shape index (κ3) is 3.51. The molecule has 0 aliphatic carbocycles. The zero-order chi connectivity index (χ0) is 15.4. The van der Waals surface area contributed by atoms with Crippen LogP contribution < -0.4 is 10.1 Å². The minimum absolute atomic E-state index is 0.142. The molecule has 0 unspecified atom stereocenters. The Hall–Kier alpha value is -2.56. The number of ether oxygens (including phenoxy) is 1. The molecule has 0 fully saturated rings. The molecule has 0 atom stereocenters. The summed E-state index contributed by atoms with van der Waals surface area (Å²) in [6.07, 6.45) is 0. The summed E-state index contributed by atoms with van der Waals surface area (Å²) in [7, 11) is 1.49. The summed E-state index contributed by atoms with van der Waals surface area (Å²) in [6.45, 7) is 2.13. The van der Waals surface area contributed by atoms with Crippen molar-refractivity contribution in [1.29, 1.82) is 0 Å². The van der Waals surface area contributed by atoms with Crippen molar-refractivity contribution in [2.24, 2.45) is 0 Å². The van der Waals surface area contributed by atoms with Gasteiger partial charge in [0.25, 0.3) is 0 Å². The van der Waals surface area contributed by atoms with E-state index in [1.807, 2.05) is 6.92 Å². The molecule has 0 amide bonds. The summed E-state index contributed by atoms with van der Waals surface area (Å²) in [5.41, 5.74) is 2.12. The molecular formula is C16H16FNO3. The summed E-state index contributed by atoms with van der Waals surface area (Å²) in [5.74, 6) is -0.822. The van der Waals surface area contributed by atoms with Gasteiger partial charge in [-0.1, -0.05) is 17.7 Å². The summed E-state index contributed by atoms with van der Waals surface area (Å²) in [4.78, 5) is 11.0. The molecular weight excluding hydrogens is 273 g/mol. The van der Waals surface area contributed by atoms with Gasteiger partial charge in [-0.3, -0.25) is 0 Å². The first-order valence-electron chi connectivity index (χ1n) is 6.41. The molecule has 0 heterocycles. The van der Waals surface area contributed by atoms with E-state index < -0.39 is 5.97 Å². The lowest BCUT2D eigenvalue weighted by Gasteiger charge is -2.13. The van der Waals surface area contributed by atoms with Crippen LogP contribution in [0, 0.1) is 12.7 Å². The Morgan fingerprint density at radius 3 is 2.71 bits per heavy atom. The van der Waals surface area contributed by atoms with Crippen LogP contribution in [0.15, 0.2) is 36.4 Å². The topological polar surface area (TPSA) is 58.6 Å². The van der Waals surface area contributed by atoms with Gasteiger partial charge >= 0.3 is 5.97 Å². The normalized spacial score (nSPS) is 10.2. The van der Waals surface area contributed by atoms with Crippen molar-refractivity contribution in [2.45, 2.75) is 13.5 Å². The first-order valence-corrected chi connectivity index (χ1v) is 6.41. The summed E-state index contributed by atoms with van der Waals surface area (Å²) in [6, 6.07) is 9.35. The van der Waals surface area contributed by atoms with Crippen molar-refractivity contribution < 1.29 is 19.0 Å². The van der Waals surface area contributed by atoms with Crippen molar-refractivity contribution >= 4 is 11.7 Å². The number of aryl methyl sites for hydroxylation is 1. The lowest BCUT2D eigenvalue weighted by atomic mass is 10.1. The number of carboxylic acids is 1. The average molecular weight is 289 g/mol. The Morgan fingerprint density at radius 2 is 2.05 bits per heavy atom. The molecule has 0 aliphatic heterocycles. The van der Waals surface area contributed by atoms with Gasteiger partial charge in [0.1, 0.15) is 11.6 Å². The van der Waals surface area contributed by atoms with Crippen LogP contribution in [0.4, 0.5) is 10.1 Å². The maximum atomic E-state index is 13.7. The van der Waals surface area contributed by atoms with E-state index in [1.165, 1.54) is 25.3 Å². The SMILES string of the molecule is COc1ccc(C(=O)O)cc1NCc1cc(C)ccc1F. The highest BCUT2D eigenvalue weighted by Gasteiger charge is 2.10. The van der Waals surface area contributed by atoms with Crippen LogP contribution in [0.2, 0.25) is 0 Å². The van der Waals surface area contributed by atoms with Gasteiger partial charge in [0, 0.05) is 12.1 Å². The van der Waals surface area contributed by atoms with E-state index >= 15 is 0 Å². The largest absolute Gasteiger partial charge is 0.495 e. The van der Waals surface area contributed by atoms with Gasteiger partial charge in [0.2, 0.25) is 0 Å². The Bertz CT molecular complexity index is 671. The molecule has 0 saturated carbocycles. The molecule has 2 N–H and O–H groups in total. The first kappa shape index (κ1) is 14.8. The maximum absolute atomic E-state index is 13.7. The molecule has 2 aromatic rings. The highest BCUT2D eigenvalue weighted by Crippen LogP contribution is 2.26. The number of methoxy groups -OCH3 is 1. The van der Waals surface area contributed by atoms with E-state index in [0.29, 0.717) is 17.0 Å². The Balaban J connectivity index is 2.24. The maximum Gasteiger partial charge on any atom is 0.335 e. The number of halogens is 1. The molecule has 0 spiro atoms. The number of rotatable bonds is 5. The second-order valence-electron chi connectivity index (χ2n) is 4.67. The molecule has 21 heavy (non-hydrogen) atoms. The van der Waals surface area contributed by atoms with Crippen LogP contribution in [-0.2, 0) is 6.54 Å². The standard InChI is InChI=1S/C16H16FNO3/c1-10-3-5-13(17)12(7-10)9-18-14-8-11(16(19)20)4-6-15(14)21-2/h3-8,18H,9H2,1-2H3,(H,19,20). The zero-order valence-corrected chi connectivity index (χ0v) is 11.8. The van der Waals surface area contributed by atoms with E-state index in [1.54, 1.807) is 18.2 Å². The molecule has 0 saturated heterocycles. The third-order valence-corrected chi connectivity index (χ3v) is 3.12. The monoisotopic (exact) mass is 289 g/mol. The molecule has 0 radical (unpaired) electrons. The van der Waals surface area contributed by atoms with Gasteiger partial charge in [-0.2, -0.15) is 0 Å². The Labute approximate surface area is 122 Å². The van der Waals surface area contributed by atoms with Gasteiger partial charge in [0.15, 0.2) is 0 Å². The van der Waals surface area contributed by atoms with Crippen molar-refractivity contribution in [3.8, 4) is 5.75 Å². The Morgan fingerprint density at radius 1 is 1.29 bits per heavy atom. The molecule has 2 rings (SSSR count). The van der Waals surface area contributed by atoms with Crippen molar-refractivity contribution in [3.63, 3.8) is 0 Å². The summed E-state index contributed by atoms with van der Waals surface area (Å²) >= 11 is 0. The summed E-state index contributed by atoms with van der Waals surface area (Å²) in [5, 5.41) is 12.0. The van der Waals surface area contributed by atoms with Gasteiger partial charge in [0.05, 0.1) is 18.4 Å². The number of anilines is 1. The van der Waals surface area contributed by atoms with Crippen LogP contribution >= 0.6 is 0 Å². The fourth-order valence-electron chi connectivity index (χ4n) is 2.01. The molecule has 5 heteroatoms. The van der Waals surface area contributed by atoms with Crippen LogP contribution in [0.3, 0.4) is 0 Å². The van der Waals surface area contributed by atoms with Crippen molar-refractivity contribution in [2.75, 3.05) is 12.4 Å². The molecule has 0 bridgehead atoms. The van der Waals surface area contributed by atoms with Crippen molar-refractivity contribution in [3.05, 3.63) is 58.9 Å². The van der Waals surface area contributed by atoms with Gasteiger partial charge in [-0.15, -0.1) is 0 Å². The molecule has 2 aromatic carbocycles. The quantitative estimate of drug-likeness (QED) is 0.885. The minimum atomic E-state index is -1.03. The molecule has 0 aliphatic rings.